The molecule has 0 aliphatic carbocycles. The second-order valence-corrected chi connectivity index (χ2v) is 9.49. The van der Waals surface area contributed by atoms with Gasteiger partial charge in [-0.1, -0.05) is 56.3 Å². The minimum Gasteiger partial charge on any atom is -0.480 e. The highest BCUT2D eigenvalue weighted by Gasteiger charge is 2.33. The number of nitrogens with zero attached hydrogens (tertiary/aromatic N) is 1. The van der Waals surface area contributed by atoms with Crippen LogP contribution in [0, 0.1) is 5.92 Å². The minimum absolute atomic E-state index is 0.0310. The molecule has 1 aromatic heterocycles. The standard InChI is InChI=1S/C27H31N5O7/c1-15(2)22(24(35)29-19(26(37)38)12-13-21(28)33)31-23(34)20(14-16-8-4-3-5-9-16)32-25(36)17-10-6-7-11-18(17)30-27(32)39/h3-11,15,19-20,22H,12-14H2,1-2H3,(H2,28,33)(H,29,35)(H,30,39)(H,31,34)(H,37,38)/t19-,20-,22-/m0/s1. The van der Waals surface area contributed by atoms with Gasteiger partial charge in [0.25, 0.3) is 5.56 Å². The lowest BCUT2D eigenvalue weighted by Gasteiger charge is -2.27. The van der Waals surface area contributed by atoms with E-state index in [9.17, 15) is 33.9 Å². The summed E-state index contributed by atoms with van der Waals surface area (Å²) < 4.78 is 0.826. The van der Waals surface area contributed by atoms with Crippen molar-refractivity contribution in [1.29, 1.82) is 0 Å². The molecule has 3 aromatic rings. The fraction of sp³-hybridized carbons (Fsp3) is 0.333. The van der Waals surface area contributed by atoms with Crippen molar-refractivity contribution in [3.63, 3.8) is 0 Å². The third-order valence-corrected chi connectivity index (χ3v) is 6.26. The quantitative estimate of drug-likeness (QED) is 0.221. The van der Waals surface area contributed by atoms with Crippen LogP contribution in [0.1, 0.15) is 38.3 Å². The van der Waals surface area contributed by atoms with E-state index in [1.165, 1.54) is 6.07 Å². The summed E-state index contributed by atoms with van der Waals surface area (Å²) in [5.41, 5.74) is 4.62. The van der Waals surface area contributed by atoms with Crippen LogP contribution in [0.3, 0.4) is 0 Å². The largest absolute Gasteiger partial charge is 0.480 e. The summed E-state index contributed by atoms with van der Waals surface area (Å²) in [5, 5.41) is 14.6. The Morgan fingerprint density at radius 1 is 0.949 bits per heavy atom. The summed E-state index contributed by atoms with van der Waals surface area (Å²) in [6.45, 7) is 3.29. The number of carbonyl (C=O) groups excluding carboxylic acids is 3. The van der Waals surface area contributed by atoms with Crippen molar-refractivity contribution in [2.24, 2.45) is 11.7 Å². The number of fused-ring (bicyclic) bond motifs is 1. The Hall–Kier alpha value is -4.74. The Bertz CT molecular complexity index is 1480. The summed E-state index contributed by atoms with van der Waals surface area (Å²) >= 11 is 0. The average molecular weight is 538 g/mol. The van der Waals surface area contributed by atoms with Crippen molar-refractivity contribution < 1.29 is 24.3 Å². The smallest absolute Gasteiger partial charge is 0.329 e. The van der Waals surface area contributed by atoms with Crippen LogP contribution in [0.2, 0.25) is 0 Å². The fourth-order valence-electron chi connectivity index (χ4n) is 4.19. The molecule has 0 fully saturated rings. The lowest BCUT2D eigenvalue weighted by molar-refractivity contribution is -0.142. The van der Waals surface area contributed by atoms with Crippen LogP contribution in [0.5, 0.6) is 0 Å². The first-order valence-electron chi connectivity index (χ1n) is 12.4. The van der Waals surface area contributed by atoms with Gasteiger partial charge in [0.15, 0.2) is 0 Å². The van der Waals surface area contributed by atoms with E-state index in [0.29, 0.717) is 11.1 Å². The highest BCUT2D eigenvalue weighted by Crippen LogP contribution is 2.15. The number of nitrogens with two attached hydrogens (primary N) is 1. The lowest BCUT2D eigenvalue weighted by Crippen LogP contribution is -2.56. The first-order chi connectivity index (χ1) is 18.5. The zero-order chi connectivity index (χ0) is 28.7. The molecule has 206 valence electrons. The second kappa shape index (κ2) is 12.7. The molecule has 0 saturated heterocycles. The number of amides is 3. The number of nitrogens with one attached hydrogen (secondary N) is 3. The Kier molecular flexibility index (Phi) is 9.37. The fourth-order valence-corrected chi connectivity index (χ4v) is 4.19. The van der Waals surface area contributed by atoms with E-state index in [1.807, 2.05) is 0 Å². The van der Waals surface area contributed by atoms with Gasteiger partial charge in [-0.25, -0.2) is 14.2 Å². The molecule has 2 aromatic carbocycles. The van der Waals surface area contributed by atoms with Gasteiger partial charge in [-0.05, 0) is 30.0 Å². The minimum atomic E-state index is -1.41. The summed E-state index contributed by atoms with van der Waals surface area (Å²) in [6.07, 6.45) is -0.521. The van der Waals surface area contributed by atoms with Crippen molar-refractivity contribution in [1.82, 2.24) is 20.2 Å². The number of aliphatic carboxylic acids is 1. The molecule has 39 heavy (non-hydrogen) atoms. The van der Waals surface area contributed by atoms with Crippen molar-refractivity contribution >= 4 is 34.6 Å². The third-order valence-electron chi connectivity index (χ3n) is 6.26. The number of primary amides is 1. The molecule has 1 heterocycles. The van der Waals surface area contributed by atoms with Gasteiger partial charge < -0.3 is 26.5 Å². The van der Waals surface area contributed by atoms with Gasteiger partial charge in [0.05, 0.1) is 10.9 Å². The first kappa shape index (κ1) is 28.8. The van der Waals surface area contributed by atoms with Gasteiger partial charge in [0, 0.05) is 12.8 Å². The van der Waals surface area contributed by atoms with Gasteiger partial charge in [-0.2, -0.15) is 0 Å². The van der Waals surface area contributed by atoms with E-state index in [2.05, 4.69) is 15.6 Å². The zero-order valence-electron chi connectivity index (χ0n) is 21.5. The predicted molar refractivity (Wildman–Crippen MR) is 143 cm³/mol. The van der Waals surface area contributed by atoms with E-state index in [-0.39, 0.29) is 24.6 Å². The Morgan fingerprint density at radius 2 is 1.59 bits per heavy atom. The molecule has 12 nitrogen and oxygen atoms in total. The number of carboxylic acid groups (broad SMARTS) is 1. The van der Waals surface area contributed by atoms with E-state index in [0.717, 1.165) is 4.57 Å². The number of carboxylic acids is 1. The number of hydrogen-bond acceptors (Lipinski definition) is 6. The van der Waals surface area contributed by atoms with E-state index < -0.39 is 59.0 Å². The Morgan fingerprint density at radius 3 is 2.21 bits per heavy atom. The molecule has 0 aliphatic heterocycles. The SMILES string of the molecule is CC(C)[C@H](NC(=O)[C@H](Cc1ccccc1)n1c(=O)[nH]c2ccccc2c1=O)C(=O)N[C@@H](CCC(N)=O)C(=O)O. The van der Waals surface area contributed by atoms with Crippen LogP contribution in [0.15, 0.2) is 64.2 Å². The van der Waals surface area contributed by atoms with Crippen LogP contribution in [-0.2, 0) is 25.6 Å². The molecule has 0 bridgehead atoms. The van der Waals surface area contributed by atoms with Gasteiger partial charge >= 0.3 is 11.7 Å². The molecule has 0 spiro atoms. The molecule has 3 rings (SSSR count). The van der Waals surface area contributed by atoms with Crippen LogP contribution < -0.4 is 27.6 Å². The summed E-state index contributed by atoms with van der Waals surface area (Å²) in [6, 6.07) is 11.2. The number of H-pyrrole nitrogens is 1. The van der Waals surface area contributed by atoms with Gasteiger partial charge in [0.2, 0.25) is 17.7 Å². The van der Waals surface area contributed by atoms with Gasteiger partial charge in [-0.15, -0.1) is 0 Å². The average Bonchev–Trinajstić information content (AvgIpc) is 2.88. The molecule has 0 unspecified atom stereocenters. The van der Waals surface area contributed by atoms with E-state index in [1.54, 1.807) is 62.4 Å². The summed E-state index contributed by atoms with van der Waals surface area (Å²) in [5.74, 6) is -4.16. The highest BCUT2D eigenvalue weighted by molar-refractivity contribution is 5.92. The Balaban J connectivity index is 1.97. The maximum absolute atomic E-state index is 13.7. The molecular formula is C27H31N5O7. The molecule has 12 heteroatoms. The van der Waals surface area contributed by atoms with Gasteiger partial charge in [-0.3, -0.25) is 19.2 Å². The molecule has 6 N–H and O–H groups in total. The number of para-hydroxylation sites is 1. The second-order valence-electron chi connectivity index (χ2n) is 9.49. The van der Waals surface area contributed by atoms with Crippen LogP contribution in [0.25, 0.3) is 10.9 Å². The number of aromatic nitrogens is 2. The maximum Gasteiger partial charge on any atom is 0.329 e. The molecule has 0 saturated carbocycles. The predicted octanol–water partition coefficient (Wildman–Crippen LogP) is 0.449. The van der Waals surface area contributed by atoms with E-state index in [4.69, 9.17) is 5.73 Å². The van der Waals surface area contributed by atoms with Crippen molar-refractivity contribution in [2.75, 3.05) is 0 Å². The monoisotopic (exact) mass is 537 g/mol. The number of aromatic amines is 1. The van der Waals surface area contributed by atoms with Crippen molar-refractivity contribution in [3.05, 3.63) is 81.0 Å². The molecule has 0 radical (unpaired) electrons. The molecule has 0 aliphatic rings. The van der Waals surface area contributed by atoms with Crippen LogP contribution in [-0.4, -0.2) is 50.4 Å². The van der Waals surface area contributed by atoms with Crippen LogP contribution in [0.4, 0.5) is 0 Å². The van der Waals surface area contributed by atoms with Crippen LogP contribution >= 0.6 is 0 Å². The summed E-state index contributed by atoms with van der Waals surface area (Å²) in [7, 11) is 0. The third kappa shape index (κ3) is 7.18. The molecule has 3 amide bonds. The Labute approximate surface area is 223 Å². The lowest BCUT2D eigenvalue weighted by atomic mass is 10.00. The summed E-state index contributed by atoms with van der Waals surface area (Å²) in [4.78, 5) is 78.5. The molecular weight excluding hydrogens is 506 g/mol. The molecule has 3 atom stereocenters. The maximum atomic E-state index is 13.7. The number of rotatable bonds is 12. The van der Waals surface area contributed by atoms with Crippen molar-refractivity contribution in [2.45, 2.75) is 51.2 Å². The number of benzene rings is 2. The number of hydrogen-bond donors (Lipinski definition) is 5. The topological polar surface area (TPSA) is 193 Å². The highest BCUT2D eigenvalue weighted by atomic mass is 16.4. The van der Waals surface area contributed by atoms with Gasteiger partial charge in [0.1, 0.15) is 18.1 Å². The van der Waals surface area contributed by atoms with Crippen molar-refractivity contribution in [3.8, 4) is 0 Å². The normalized spacial score (nSPS) is 13.4. The van der Waals surface area contributed by atoms with E-state index >= 15 is 0 Å². The first-order valence-corrected chi connectivity index (χ1v) is 12.4. The zero-order valence-corrected chi connectivity index (χ0v) is 21.5. The number of carbonyl (C=O) groups is 4.